The number of rotatable bonds is 9. The summed E-state index contributed by atoms with van der Waals surface area (Å²) in [5.41, 5.74) is 3.46. The molecule has 0 saturated carbocycles. The van der Waals surface area contributed by atoms with Gasteiger partial charge in [0.2, 0.25) is 0 Å². The topological polar surface area (TPSA) is 45.1 Å². The van der Waals surface area contributed by atoms with Gasteiger partial charge in [-0.3, -0.25) is 4.68 Å². The summed E-state index contributed by atoms with van der Waals surface area (Å²) in [4.78, 5) is 2.41. The van der Waals surface area contributed by atoms with Gasteiger partial charge in [-0.25, -0.2) is 0 Å². The maximum atomic E-state index is 5.36. The van der Waals surface area contributed by atoms with E-state index in [0.29, 0.717) is 5.11 Å². The third-order valence-corrected chi connectivity index (χ3v) is 4.56. The van der Waals surface area contributed by atoms with Crippen molar-refractivity contribution in [1.29, 1.82) is 0 Å². The molecule has 0 aliphatic rings. The van der Waals surface area contributed by atoms with Gasteiger partial charge < -0.3 is 15.5 Å². The maximum Gasteiger partial charge on any atom is 0.170 e. The van der Waals surface area contributed by atoms with Crippen molar-refractivity contribution in [3.8, 4) is 0 Å². The van der Waals surface area contributed by atoms with Gasteiger partial charge in [0.1, 0.15) is 0 Å². The van der Waals surface area contributed by atoms with Crippen molar-refractivity contribution in [2.75, 3.05) is 31.5 Å². The lowest BCUT2D eigenvalue weighted by Crippen LogP contribution is -2.32. The molecule has 0 bridgehead atoms. The molecule has 25 heavy (non-hydrogen) atoms. The second kappa shape index (κ2) is 10.2. The molecule has 0 aliphatic carbocycles. The van der Waals surface area contributed by atoms with Gasteiger partial charge in [0.15, 0.2) is 5.11 Å². The van der Waals surface area contributed by atoms with Crippen LogP contribution in [-0.4, -0.2) is 46.0 Å². The molecule has 1 aromatic carbocycles. The van der Waals surface area contributed by atoms with Crippen LogP contribution in [0.2, 0.25) is 0 Å². The summed E-state index contributed by atoms with van der Waals surface area (Å²) >= 11 is 5.36. The van der Waals surface area contributed by atoms with E-state index in [1.807, 2.05) is 17.1 Å². The average molecular weight is 360 g/mol. The summed E-state index contributed by atoms with van der Waals surface area (Å²) in [5.74, 6) is 0. The number of aryl methyl sites for hydroxylation is 1. The van der Waals surface area contributed by atoms with Gasteiger partial charge in [-0.15, -0.1) is 0 Å². The third kappa shape index (κ3) is 6.48. The molecule has 0 unspecified atom stereocenters. The fourth-order valence-electron chi connectivity index (χ4n) is 2.70. The molecular formula is C19H29N5S. The van der Waals surface area contributed by atoms with Crippen LogP contribution in [0, 0.1) is 6.92 Å². The minimum Gasteiger partial charge on any atom is -0.362 e. The standard InChI is InChI=1S/C19H29N5S/c1-4-23(5-2)12-8-11-20-19(25)22-18-13-21-24(15-18)14-17-10-7-6-9-16(17)3/h6-7,9-10,13,15H,4-5,8,11-12,14H2,1-3H3,(H2,20,22,25). The molecule has 2 rings (SSSR count). The van der Waals surface area contributed by atoms with Crippen molar-refractivity contribution in [1.82, 2.24) is 20.0 Å². The highest BCUT2D eigenvalue weighted by Crippen LogP contribution is 2.11. The highest BCUT2D eigenvalue weighted by atomic mass is 32.1. The first-order valence-electron chi connectivity index (χ1n) is 8.96. The van der Waals surface area contributed by atoms with Crippen molar-refractivity contribution in [2.24, 2.45) is 0 Å². The second-order valence-electron chi connectivity index (χ2n) is 6.11. The van der Waals surface area contributed by atoms with Crippen LogP contribution in [0.5, 0.6) is 0 Å². The van der Waals surface area contributed by atoms with Crippen molar-refractivity contribution < 1.29 is 0 Å². The number of anilines is 1. The van der Waals surface area contributed by atoms with Crippen molar-refractivity contribution >= 4 is 23.0 Å². The zero-order valence-corrected chi connectivity index (χ0v) is 16.3. The average Bonchev–Trinajstić information content (AvgIpc) is 3.04. The van der Waals surface area contributed by atoms with Crippen LogP contribution in [0.1, 0.15) is 31.4 Å². The zero-order valence-electron chi connectivity index (χ0n) is 15.5. The molecule has 6 heteroatoms. The van der Waals surface area contributed by atoms with Crippen LogP contribution >= 0.6 is 12.2 Å². The van der Waals surface area contributed by atoms with Gasteiger partial charge in [0.05, 0.1) is 18.4 Å². The Bertz CT molecular complexity index is 663. The lowest BCUT2D eigenvalue weighted by atomic mass is 10.1. The van der Waals surface area contributed by atoms with Crippen LogP contribution < -0.4 is 10.6 Å². The number of nitrogens with one attached hydrogen (secondary N) is 2. The molecule has 2 aromatic rings. The van der Waals surface area contributed by atoms with Crippen molar-refractivity contribution in [3.63, 3.8) is 0 Å². The zero-order chi connectivity index (χ0) is 18.1. The van der Waals surface area contributed by atoms with Gasteiger partial charge in [0.25, 0.3) is 0 Å². The predicted molar refractivity (Wildman–Crippen MR) is 109 cm³/mol. The van der Waals surface area contributed by atoms with Crippen molar-refractivity contribution in [3.05, 3.63) is 47.8 Å². The van der Waals surface area contributed by atoms with E-state index in [9.17, 15) is 0 Å². The smallest absolute Gasteiger partial charge is 0.170 e. The van der Waals surface area contributed by atoms with Crippen LogP contribution in [0.4, 0.5) is 5.69 Å². The molecule has 0 fully saturated rings. The summed E-state index contributed by atoms with van der Waals surface area (Å²) in [6.45, 7) is 11.4. The SMILES string of the molecule is CCN(CC)CCCNC(=S)Nc1cnn(Cc2ccccc2C)c1. The minimum absolute atomic E-state index is 0.648. The Labute approximate surface area is 156 Å². The normalized spacial score (nSPS) is 10.9. The van der Waals surface area contributed by atoms with E-state index < -0.39 is 0 Å². The minimum atomic E-state index is 0.648. The Morgan fingerprint density at radius 3 is 2.72 bits per heavy atom. The Kier molecular flexibility index (Phi) is 7.88. The number of thiocarbonyl (C=S) groups is 1. The molecule has 1 heterocycles. The van der Waals surface area contributed by atoms with E-state index >= 15 is 0 Å². The first kappa shape index (κ1) is 19.4. The summed E-state index contributed by atoms with van der Waals surface area (Å²) < 4.78 is 1.92. The van der Waals surface area contributed by atoms with Crippen molar-refractivity contribution in [2.45, 2.75) is 33.7 Å². The van der Waals surface area contributed by atoms with E-state index in [2.05, 4.69) is 65.7 Å². The maximum absolute atomic E-state index is 5.36. The van der Waals surface area contributed by atoms with Gasteiger partial charge in [-0.1, -0.05) is 38.1 Å². The Hall–Kier alpha value is -1.92. The Morgan fingerprint density at radius 1 is 1.24 bits per heavy atom. The lowest BCUT2D eigenvalue weighted by molar-refractivity contribution is 0.300. The van der Waals surface area contributed by atoms with Crippen LogP contribution in [0.15, 0.2) is 36.7 Å². The van der Waals surface area contributed by atoms with Gasteiger partial charge >= 0.3 is 0 Å². The molecule has 5 nitrogen and oxygen atoms in total. The van der Waals surface area contributed by atoms with E-state index in [1.54, 1.807) is 0 Å². The molecule has 0 aliphatic heterocycles. The molecule has 0 amide bonds. The quantitative estimate of drug-likeness (QED) is 0.531. The third-order valence-electron chi connectivity index (χ3n) is 4.32. The van der Waals surface area contributed by atoms with E-state index in [4.69, 9.17) is 12.2 Å². The molecule has 0 spiro atoms. The molecule has 136 valence electrons. The molecule has 1 aromatic heterocycles. The first-order chi connectivity index (χ1) is 12.1. The fourth-order valence-corrected chi connectivity index (χ4v) is 2.92. The first-order valence-corrected chi connectivity index (χ1v) is 9.37. The summed E-state index contributed by atoms with van der Waals surface area (Å²) in [7, 11) is 0. The highest BCUT2D eigenvalue weighted by Gasteiger charge is 2.04. The Morgan fingerprint density at radius 2 is 2.00 bits per heavy atom. The number of nitrogens with zero attached hydrogens (tertiary/aromatic N) is 3. The Balaban J connectivity index is 1.75. The lowest BCUT2D eigenvalue weighted by Gasteiger charge is -2.18. The van der Waals surface area contributed by atoms with Crippen LogP contribution in [0.25, 0.3) is 0 Å². The van der Waals surface area contributed by atoms with Gasteiger partial charge in [-0.05, 0) is 56.3 Å². The number of benzene rings is 1. The largest absolute Gasteiger partial charge is 0.362 e. The predicted octanol–water partition coefficient (Wildman–Crippen LogP) is 3.26. The fraction of sp³-hybridized carbons (Fsp3) is 0.474. The summed E-state index contributed by atoms with van der Waals surface area (Å²) in [6, 6.07) is 8.36. The van der Waals surface area contributed by atoms with Gasteiger partial charge in [0, 0.05) is 12.7 Å². The molecule has 0 atom stereocenters. The van der Waals surface area contributed by atoms with Crippen LogP contribution in [-0.2, 0) is 6.54 Å². The molecular weight excluding hydrogens is 330 g/mol. The molecule has 2 N–H and O–H groups in total. The number of aromatic nitrogens is 2. The van der Waals surface area contributed by atoms with Gasteiger partial charge in [-0.2, -0.15) is 5.10 Å². The summed E-state index contributed by atoms with van der Waals surface area (Å²) in [6.07, 6.45) is 4.87. The monoisotopic (exact) mass is 359 g/mol. The number of hydrogen-bond donors (Lipinski definition) is 2. The van der Waals surface area contributed by atoms with E-state index in [0.717, 1.165) is 44.8 Å². The van der Waals surface area contributed by atoms with E-state index in [-0.39, 0.29) is 0 Å². The van der Waals surface area contributed by atoms with E-state index in [1.165, 1.54) is 11.1 Å². The van der Waals surface area contributed by atoms with Crippen LogP contribution in [0.3, 0.4) is 0 Å². The molecule has 0 radical (unpaired) electrons. The molecule has 0 saturated heterocycles. The summed E-state index contributed by atoms with van der Waals surface area (Å²) in [5, 5.41) is 11.5. The second-order valence-corrected chi connectivity index (χ2v) is 6.52. The number of hydrogen-bond acceptors (Lipinski definition) is 3. The highest BCUT2D eigenvalue weighted by molar-refractivity contribution is 7.80.